The van der Waals surface area contributed by atoms with E-state index in [0.29, 0.717) is 23.0 Å². The Labute approximate surface area is 179 Å². The molecule has 3 nitrogen and oxygen atoms in total. The van der Waals surface area contributed by atoms with Crippen molar-refractivity contribution < 1.29 is 27.4 Å². The van der Waals surface area contributed by atoms with Gasteiger partial charge in [0.05, 0.1) is 18.3 Å². The van der Waals surface area contributed by atoms with Crippen LogP contribution in [0.5, 0.6) is 0 Å². The van der Waals surface area contributed by atoms with E-state index in [4.69, 9.17) is 4.74 Å². The van der Waals surface area contributed by atoms with Crippen LogP contribution in [0.3, 0.4) is 0 Å². The molecule has 2 fully saturated rings. The highest BCUT2D eigenvalue weighted by Crippen LogP contribution is 2.46. The van der Waals surface area contributed by atoms with E-state index in [2.05, 4.69) is 5.32 Å². The third kappa shape index (κ3) is 4.78. The van der Waals surface area contributed by atoms with E-state index < -0.39 is 24.5 Å². The highest BCUT2D eigenvalue weighted by atomic mass is 19.4. The minimum absolute atomic E-state index is 0.0182. The Hall–Kier alpha value is -1.96. The third-order valence-corrected chi connectivity index (χ3v) is 6.63. The van der Waals surface area contributed by atoms with E-state index in [1.165, 1.54) is 12.1 Å². The largest absolute Gasteiger partial charge is 0.416 e. The lowest BCUT2D eigenvalue weighted by Gasteiger charge is -2.41. The van der Waals surface area contributed by atoms with Crippen molar-refractivity contribution in [1.29, 1.82) is 0 Å². The first-order valence-electron chi connectivity index (χ1n) is 10.7. The van der Waals surface area contributed by atoms with Crippen LogP contribution in [-0.4, -0.2) is 30.9 Å². The summed E-state index contributed by atoms with van der Waals surface area (Å²) in [5, 5.41) is 13.4. The average molecular weight is 437 g/mol. The smallest absolute Gasteiger partial charge is 0.393 e. The Bertz CT molecular complexity index is 899. The summed E-state index contributed by atoms with van der Waals surface area (Å²) in [4.78, 5) is 0. The molecule has 2 aromatic rings. The molecule has 2 N–H and O–H groups in total. The van der Waals surface area contributed by atoms with Gasteiger partial charge >= 0.3 is 6.18 Å². The Morgan fingerprint density at radius 2 is 1.84 bits per heavy atom. The zero-order valence-electron chi connectivity index (χ0n) is 17.3. The topological polar surface area (TPSA) is 41.5 Å². The Morgan fingerprint density at radius 3 is 2.52 bits per heavy atom. The van der Waals surface area contributed by atoms with Gasteiger partial charge in [0.1, 0.15) is 11.9 Å². The van der Waals surface area contributed by atoms with Crippen molar-refractivity contribution in [2.24, 2.45) is 11.8 Å². The molecule has 4 rings (SSSR count). The summed E-state index contributed by atoms with van der Waals surface area (Å²) in [6.07, 6.45) is -3.93. The summed E-state index contributed by atoms with van der Waals surface area (Å²) in [5.74, 6) is 0.450. The van der Waals surface area contributed by atoms with Gasteiger partial charge < -0.3 is 15.2 Å². The highest BCUT2D eigenvalue weighted by molar-refractivity contribution is 5.33. The molecule has 7 heteroatoms. The van der Waals surface area contributed by atoms with Gasteiger partial charge in [0.15, 0.2) is 0 Å². The lowest BCUT2D eigenvalue weighted by Crippen LogP contribution is -2.38. The number of aryl methyl sites for hydroxylation is 1. The van der Waals surface area contributed by atoms with Gasteiger partial charge in [0, 0.05) is 5.92 Å². The lowest BCUT2D eigenvalue weighted by molar-refractivity contribution is -0.137. The van der Waals surface area contributed by atoms with Crippen molar-refractivity contribution in [3.8, 4) is 0 Å². The summed E-state index contributed by atoms with van der Waals surface area (Å²) < 4.78 is 59.7. The Balaban J connectivity index is 1.63. The predicted molar refractivity (Wildman–Crippen MR) is 109 cm³/mol. The SMILES string of the molecule is Cc1cc([C@@H](CO)O[C@H]2CC[C@@H]3CNC[C@H]3[C@@H]2c2ccc(F)cc2)cc(C(F)(F)F)c1. The third-order valence-electron chi connectivity index (χ3n) is 6.63. The van der Waals surface area contributed by atoms with E-state index in [9.17, 15) is 22.7 Å². The molecule has 1 saturated carbocycles. The molecule has 1 aliphatic carbocycles. The standard InChI is InChI=1S/C24H27F4NO2/c1-14-8-17(10-18(9-14)24(26,27)28)22(13-30)31-21-7-4-16-11-29-12-20(16)23(21)15-2-5-19(25)6-3-15/h2-3,5-6,8-10,16,20-23,29-30H,4,7,11-13H2,1H3/t16-,20-,21+,22-,23+/m1/s1. The minimum atomic E-state index is -4.47. The van der Waals surface area contributed by atoms with Gasteiger partial charge in [-0.05, 0) is 80.1 Å². The highest BCUT2D eigenvalue weighted by Gasteiger charge is 2.44. The van der Waals surface area contributed by atoms with Crippen LogP contribution in [0, 0.1) is 24.6 Å². The van der Waals surface area contributed by atoms with E-state index in [-0.39, 0.29) is 17.8 Å². The van der Waals surface area contributed by atoms with Crippen LogP contribution < -0.4 is 5.32 Å². The molecule has 0 unspecified atom stereocenters. The first-order chi connectivity index (χ1) is 14.8. The van der Waals surface area contributed by atoms with Crippen LogP contribution in [0.15, 0.2) is 42.5 Å². The van der Waals surface area contributed by atoms with Gasteiger partial charge in [-0.2, -0.15) is 13.2 Å². The number of aliphatic hydroxyl groups is 1. The van der Waals surface area contributed by atoms with Gasteiger partial charge in [-0.25, -0.2) is 4.39 Å². The molecule has 0 spiro atoms. The van der Waals surface area contributed by atoms with Crippen molar-refractivity contribution in [2.45, 2.75) is 44.1 Å². The van der Waals surface area contributed by atoms with E-state index >= 15 is 0 Å². The van der Waals surface area contributed by atoms with Crippen LogP contribution >= 0.6 is 0 Å². The molecule has 0 bridgehead atoms. The summed E-state index contributed by atoms with van der Waals surface area (Å²) in [5.41, 5.74) is 0.995. The maximum atomic E-state index is 13.5. The molecule has 1 heterocycles. The fraction of sp³-hybridized carbons (Fsp3) is 0.500. The summed E-state index contributed by atoms with van der Waals surface area (Å²) in [7, 11) is 0. The number of halogens is 4. The van der Waals surface area contributed by atoms with Crippen LogP contribution in [0.2, 0.25) is 0 Å². The van der Waals surface area contributed by atoms with Crippen LogP contribution in [-0.2, 0) is 10.9 Å². The molecular weight excluding hydrogens is 410 g/mol. The Kier molecular flexibility index (Phi) is 6.37. The van der Waals surface area contributed by atoms with Crippen molar-refractivity contribution in [2.75, 3.05) is 19.7 Å². The quantitative estimate of drug-likeness (QED) is 0.648. The van der Waals surface area contributed by atoms with Crippen molar-refractivity contribution in [3.63, 3.8) is 0 Å². The number of rotatable bonds is 5. The van der Waals surface area contributed by atoms with Crippen LogP contribution in [0.25, 0.3) is 0 Å². The number of fused-ring (bicyclic) bond motifs is 1. The molecule has 2 aromatic carbocycles. The fourth-order valence-corrected chi connectivity index (χ4v) is 5.22. The molecule has 2 aliphatic rings. The van der Waals surface area contributed by atoms with Gasteiger partial charge in [-0.15, -0.1) is 0 Å². The predicted octanol–water partition coefficient (Wildman–Crippen LogP) is 4.98. The lowest BCUT2D eigenvalue weighted by atomic mass is 9.69. The van der Waals surface area contributed by atoms with Crippen molar-refractivity contribution in [3.05, 3.63) is 70.5 Å². The second kappa shape index (κ2) is 8.88. The maximum absolute atomic E-state index is 13.5. The molecule has 0 aromatic heterocycles. The number of hydrogen-bond acceptors (Lipinski definition) is 3. The van der Waals surface area contributed by atoms with Gasteiger partial charge in [-0.1, -0.05) is 23.8 Å². The van der Waals surface area contributed by atoms with Crippen LogP contribution in [0.1, 0.15) is 47.1 Å². The van der Waals surface area contributed by atoms with Crippen molar-refractivity contribution in [1.82, 2.24) is 5.32 Å². The maximum Gasteiger partial charge on any atom is 0.416 e. The summed E-state index contributed by atoms with van der Waals surface area (Å²) in [6, 6.07) is 10.2. The zero-order chi connectivity index (χ0) is 22.2. The first kappa shape index (κ1) is 22.2. The molecule has 0 amide bonds. The van der Waals surface area contributed by atoms with Gasteiger partial charge in [0.25, 0.3) is 0 Å². The van der Waals surface area contributed by atoms with E-state index in [1.54, 1.807) is 25.1 Å². The van der Waals surface area contributed by atoms with Crippen LogP contribution in [0.4, 0.5) is 17.6 Å². The fourth-order valence-electron chi connectivity index (χ4n) is 5.22. The van der Waals surface area contributed by atoms with Gasteiger partial charge in [0.2, 0.25) is 0 Å². The number of alkyl halides is 3. The molecule has 1 saturated heterocycles. The van der Waals surface area contributed by atoms with E-state index in [1.807, 2.05) is 0 Å². The Morgan fingerprint density at radius 1 is 1.10 bits per heavy atom. The minimum Gasteiger partial charge on any atom is -0.393 e. The monoisotopic (exact) mass is 437 g/mol. The molecule has 0 radical (unpaired) electrons. The molecule has 31 heavy (non-hydrogen) atoms. The average Bonchev–Trinajstić information content (AvgIpc) is 3.20. The molecule has 1 aliphatic heterocycles. The zero-order valence-corrected chi connectivity index (χ0v) is 17.3. The first-order valence-corrected chi connectivity index (χ1v) is 10.7. The summed E-state index contributed by atoms with van der Waals surface area (Å²) in [6.45, 7) is 2.92. The molecular formula is C24H27F4NO2. The number of hydrogen-bond donors (Lipinski definition) is 2. The van der Waals surface area contributed by atoms with Crippen molar-refractivity contribution >= 4 is 0 Å². The number of ether oxygens (including phenoxy) is 1. The normalized spacial score (nSPS) is 27.2. The molecule has 168 valence electrons. The van der Waals surface area contributed by atoms with Gasteiger partial charge in [-0.3, -0.25) is 0 Å². The molecule has 5 atom stereocenters. The number of benzene rings is 2. The van der Waals surface area contributed by atoms with E-state index in [0.717, 1.165) is 43.6 Å². The second-order valence-corrected chi connectivity index (χ2v) is 8.71. The summed E-state index contributed by atoms with van der Waals surface area (Å²) >= 11 is 0. The number of aliphatic hydroxyl groups excluding tert-OH is 1. The second-order valence-electron chi connectivity index (χ2n) is 8.71. The number of nitrogens with one attached hydrogen (secondary N) is 1.